The summed E-state index contributed by atoms with van der Waals surface area (Å²) in [7, 11) is 3.10. The molecule has 0 bridgehead atoms. The Morgan fingerprint density at radius 1 is 1.16 bits per heavy atom. The molecule has 1 aromatic carbocycles. The van der Waals surface area contributed by atoms with E-state index in [1.54, 1.807) is 7.11 Å². The molecule has 0 aliphatic rings. The molecule has 19 heavy (non-hydrogen) atoms. The summed E-state index contributed by atoms with van der Waals surface area (Å²) >= 11 is 0. The van der Waals surface area contributed by atoms with Gasteiger partial charge in [0.15, 0.2) is 0 Å². The van der Waals surface area contributed by atoms with E-state index in [2.05, 4.69) is 29.1 Å². The van der Waals surface area contributed by atoms with Gasteiger partial charge in [-0.1, -0.05) is 6.07 Å². The maximum atomic E-state index is 10.9. The molecule has 0 aliphatic heterocycles. The van der Waals surface area contributed by atoms with Crippen LogP contribution in [-0.4, -0.2) is 33.3 Å². The lowest BCUT2D eigenvalue weighted by Gasteiger charge is -2.11. The number of benzene rings is 1. The van der Waals surface area contributed by atoms with E-state index in [-0.39, 0.29) is 5.97 Å². The monoisotopic (exact) mass is 265 g/mol. The summed E-state index contributed by atoms with van der Waals surface area (Å²) < 4.78 is 9.88. The molecule has 0 saturated heterocycles. The largest absolute Gasteiger partial charge is 0.496 e. The zero-order valence-electron chi connectivity index (χ0n) is 12.2. The maximum absolute atomic E-state index is 10.9. The molecule has 0 heterocycles. The summed E-state index contributed by atoms with van der Waals surface area (Å²) in [6, 6.07) is 4.23. The fourth-order valence-electron chi connectivity index (χ4n) is 1.98. The number of hydrogen-bond acceptors (Lipinski definition) is 4. The second-order valence-corrected chi connectivity index (χ2v) is 4.57. The van der Waals surface area contributed by atoms with Crippen LogP contribution in [0.2, 0.25) is 0 Å². The van der Waals surface area contributed by atoms with Crippen LogP contribution in [0.3, 0.4) is 0 Å². The number of carbonyl (C=O) groups excluding carboxylic acids is 1. The van der Waals surface area contributed by atoms with E-state index in [1.807, 2.05) is 6.92 Å². The minimum absolute atomic E-state index is 0.177. The average molecular weight is 265 g/mol. The molecule has 0 radical (unpaired) electrons. The summed E-state index contributed by atoms with van der Waals surface area (Å²) in [6.07, 6.45) is 1.36. The summed E-state index contributed by atoms with van der Waals surface area (Å²) in [5.41, 5.74) is 3.69. The quantitative estimate of drug-likeness (QED) is 0.605. The molecule has 0 unspecified atom stereocenters. The van der Waals surface area contributed by atoms with Crippen molar-refractivity contribution in [2.75, 3.05) is 27.3 Å². The molecule has 0 fully saturated rings. The van der Waals surface area contributed by atoms with Crippen LogP contribution in [0.15, 0.2) is 12.1 Å². The number of methoxy groups -OCH3 is 2. The van der Waals surface area contributed by atoms with Crippen LogP contribution in [0.5, 0.6) is 5.75 Å². The van der Waals surface area contributed by atoms with Gasteiger partial charge in [0.05, 0.1) is 20.6 Å². The molecule has 4 nitrogen and oxygen atoms in total. The van der Waals surface area contributed by atoms with E-state index in [9.17, 15) is 4.79 Å². The first-order valence-electron chi connectivity index (χ1n) is 6.50. The Morgan fingerprint density at radius 2 is 1.89 bits per heavy atom. The maximum Gasteiger partial charge on any atom is 0.306 e. The summed E-state index contributed by atoms with van der Waals surface area (Å²) in [5, 5.41) is 3.24. The Labute approximate surface area is 115 Å². The molecule has 106 valence electrons. The van der Waals surface area contributed by atoms with Gasteiger partial charge in [0.1, 0.15) is 5.75 Å². The fraction of sp³-hybridized carbons (Fsp3) is 0.533. The molecule has 0 saturated carbocycles. The molecule has 0 amide bonds. The predicted octanol–water partition coefficient (Wildman–Crippen LogP) is 2.01. The van der Waals surface area contributed by atoms with Crippen LogP contribution in [0.1, 0.15) is 23.1 Å². The second-order valence-electron chi connectivity index (χ2n) is 4.57. The lowest BCUT2D eigenvalue weighted by atomic mass is 10.0. The number of ether oxygens (including phenoxy) is 2. The van der Waals surface area contributed by atoms with Gasteiger partial charge in [0.25, 0.3) is 0 Å². The number of rotatable bonds is 7. The average Bonchev–Trinajstić information content (AvgIpc) is 2.41. The van der Waals surface area contributed by atoms with Crippen LogP contribution in [0, 0.1) is 13.8 Å². The van der Waals surface area contributed by atoms with Crippen molar-refractivity contribution < 1.29 is 14.3 Å². The standard InChI is InChI=1S/C15H23NO3/c1-11-10-14(18-3)12(2)9-13(11)5-7-16-8-6-15(17)19-4/h9-10,16H,5-8H2,1-4H3. The SMILES string of the molecule is COC(=O)CCNCCc1cc(C)c(OC)cc1C. The zero-order valence-corrected chi connectivity index (χ0v) is 12.2. The number of carbonyl (C=O) groups is 1. The van der Waals surface area contributed by atoms with Crippen molar-refractivity contribution in [3.63, 3.8) is 0 Å². The lowest BCUT2D eigenvalue weighted by Crippen LogP contribution is -2.21. The molecular formula is C15H23NO3. The van der Waals surface area contributed by atoms with E-state index in [0.29, 0.717) is 13.0 Å². The molecule has 1 N–H and O–H groups in total. The van der Waals surface area contributed by atoms with Crippen molar-refractivity contribution in [1.29, 1.82) is 0 Å². The van der Waals surface area contributed by atoms with Gasteiger partial charge in [-0.2, -0.15) is 0 Å². The Morgan fingerprint density at radius 3 is 2.53 bits per heavy atom. The molecular weight excluding hydrogens is 242 g/mol. The number of hydrogen-bond donors (Lipinski definition) is 1. The molecule has 0 aliphatic carbocycles. The van der Waals surface area contributed by atoms with Crippen LogP contribution in [0.25, 0.3) is 0 Å². The Bertz CT molecular complexity index is 430. The summed E-state index contributed by atoms with van der Waals surface area (Å²) in [5.74, 6) is 0.754. The molecule has 0 aromatic heterocycles. The van der Waals surface area contributed by atoms with Crippen molar-refractivity contribution in [2.45, 2.75) is 26.7 Å². The first-order chi connectivity index (χ1) is 9.08. The van der Waals surface area contributed by atoms with Gasteiger partial charge < -0.3 is 14.8 Å². The molecule has 1 rings (SSSR count). The first-order valence-corrected chi connectivity index (χ1v) is 6.50. The van der Waals surface area contributed by atoms with E-state index < -0.39 is 0 Å². The number of esters is 1. The third-order valence-corrected chi connectivity index (χ3v) is 3.16. The molecule has 0 atom stereocenters. The van der Waals surface area contributed by atoms with E-state index in [4.69, 9.17) is 4.74 Å². The van der Waals surface area contributed by atoms with Crippen LogP contribution in [-0.2, 0) is 16.0 Å². The third-order valence-electron chi connectivity index (χ3n) is 3.16. The molecule has 1 aromatic rings. The van der Waals surface area contributed by atoms with Crippen LogP contribution < -0.4 is 10.1 Å². The highest BCUT2D eigenvalue weighted by atomic mass is 16.5. The Balaban J connectivity index is 2.41. The van der Waals surface area contributed by atoms with E-state index in [0.717, 1.165) is 24.3 Å². The van der Waals surface area contributed by atoms with E-state index in [1.165, 1.54) is 18.2 Å². The topological polar surface area (TPSA) is 47.6 Å². The van der Waals surface area contributed by atoms with Gasteiger partial charge >= 0.3 is 5.97 Å². The highest BCUT2D eigenvalue weighted by Gasteiger charge is 2.05. The third kappa shape index (κ3) is 4.91. The second kappa shape index (κ2) is 7.79. The summed E-state index contributed by atoms with van der Waals surface area (Å²) in [6.45, 7) is 5.64. The molecule has 4 heteroatoms. The highest BCUT2D eigenvalue weighted by molar-refractivity contribution is 5.69. The fourth-order valence-corrected chi connectivity index (χ4v) is 1.98. The Kier molecular flexibility index (Phi) is 6.36. The predicted molar refractivity (Wildman–Crippen MR) is 75.7 cm³/mol. The van der Waals surface area contributed by atoms with Crippen molar-refractivity contribution >= 4 is 5.97 Å². The highest BCUT2D eigenvalue weighted by Crippen LogP contribution is 2.22. The van der Waals surface area contributed by atoms with Crippen molar-refractivity contribution in [3.05, 3.63) is 28.8 Å². The van der Waals surface area contributed by atoms with Crippen LogP contribution in [0.4, 0.5) is 0 Å². The van der Waals surface area contributed by atoms with Gasteiger partial charge in [0.2, 0.25) is 0 Å². The smallest absolute Gasteiger partial charge is 0.306 e. The summed E-state index contributed by atoms with van der Waals surface area (Å²) in [4.78, 5) is 10.9. The molecule has 0 spiro atoms. The van der Waals surface area contributed by atoms with E-state index >= 15 is 0 Å². The zero-order chi connectivity index (χ0) is 14.3. The van der Waals surface area contributed by atoms with Crippen molar-refractivity contribution in [1.82, 2.24) is 5.32 Å². The van der Waals surface area contributed by atoms with Gasteiger partial charge in [-0.25, -0.2) is 0 Å². The van der Waals surface area contributed by atoms with Crippen LogP contribution >= 0.6 is 0 Å². The number of aryl methyl sites for hydroxylation is 2. The Hall–Kier alpha value is -1.55. The lowest BCUT2D eigenvalue weighted by molar-refractivity contribution is -0.140. The van der Waals surface area contributed by atoms with Gasteiger partial charge in [-0.05, 0) is 49.6 Å². The minimum atomic E-state index is -0.177. The minimum Gasteiger partial charge on any atom is -0.496 e. The number of nitrogens with one attached hydrogen (secondary N) is 1. The normalized spacial score (nSPS) is 10.3. The van der Waals surface area contributed by atoms with Crippen molar-refractivity contribution in [3.8, 4) is 5.75 Å². The van der Waals surface area contributed by atoms with Gasteiger partial charge in [-0.15, -0.1) is 0 Å². The van der Waals surface area contributed by atoms with Crippen molar-refractivity contribution in [2.24, 2.45) is 0 Å². The van der Waals surface area contributed by atoms with Gasteiger partial charge in [-0.3, -0.25) is 4.79 Å². The van der Waals surface area contributed by atoms with Gasteiger partial charge in [0, 0.05) is 6.54 Å². The first kappa shape index (κ1) is 15.5.